The van der Waals surface area contributed by atoms with E-state index in [1.165, 1.54) is 17.5 Å². The molecule has 0 aliphatic heterocycles. The van der Waals surface area contributed by atoms with E-state index in [-0.39, 0.29) is 11.9 Å². The van der Waals surface area contributed by atoms with E-state index in [9.17, 15) is 4.79 Å². The molecule has 3 rings (SSSR count). The minimum absolute atomic E-state index is 0.195. The molecule has 1 aromatic heterocycles. The molecule has 0 fully saturated rings. The SMILES string of the molecule is CCOc1n[nH]c(NC(=O)c2ccc3c(c2)CCC3)n1. The summed E-state index contributed by atoms with van der Waals surface area (Å²) in [5.41, 5.74) is 3.25. The lowest BCUT2D eigenvalue weighted by Crippen LogP contribution is -2.13. The molecule has 104 valence electrons. The maximum absolute atomic E-state index is 12.1. The highest BCUT2D eigenvalue weighted by Crippen LogP contribution is 2.23. The average Bonchev–Trinajstić information content (AvgIpc) is 3.07. The quantitative estimate of drug-likeness (QED) is 0.891. The molecule has 0 unspecified atom stereocenters. The van der Waals surface area contributed by atoms with Crippen molar-refractivity contribution >= 4 is 11.9 Å². The highest BCUT2D eigenvalue weighted by Gasteiger charge is 2.15. The molecule has 0 saturated heterocycles. The normalized spacial score (nSPS) is 13.1. The van der Waals surface area contributed by atoms with Crippen LogP contribution in [0.2, 0.25) is 0 Å². The number of nitrogens with one attached hydrogen (secondary N) is 2. The summed E-state index contributed by atoms with van der Waals surface area (Å²) >= 11 is 0. The van der Waals surface area contributed by atoms with Crippen LogP contribution < -0.4 is 10.1 Å². The van der Waals surface area contributed by atoms with Crippen LogP contribution in [0.4, 0.5) is 5.95 Å². The Kier molecular flexibility index (Phi) is 3.37. The van der Waals surface area contributed by atoms with Crippen molar-refractivity contribution in [2.75, 3.05) is 11.9 Å². The van der Waals surface area contributed by atoms with Gasteiger partial charge in [-0.25, -0.2) is 5.10 Å². The number of aromatic nitrogens is 3. The predicted octanol–water partition coefficient (Wildman–Crippen LogP) is 1.94. The van der Waals surface area contributed by atoms with Crippen LogP contribution in [-0.2, 0) is 12.8 Å². The average molecular weight is 272 g/mol. The third kappa shape index (κ3) is 2.49. The second-order valence-electron chi connectivity index (χ2n) is 4.69. The number of carbonyl (C=O) groups excluding carboxylic acids is 1. The number of hydrogen-bond acceptors (Lipinski definition) is 4. The summed E-state index contributed by atoms with van der Waals surface area (Å²) in [6.07, 6.45) is 3.32. The minimum atomic E-state index is -0.195. The second kappa shape index (κ2) is 5.32. The first-order valence-electron chi connectivity index (χ1n) is 6.74. The highest BCUT2D eigenvalue weighted by atomic mass is 16.5. The second-order valence-corrected chi connectivity index (χ2v) is 4.69. The molecule has 0 spiro atoms. The van der Waals surface area contributed by atoms with E-state index < -0.39 is 0 Å². The zero-order chi connectivity index (χ0) is 13.9. The fourth-order valence-electron chi connectivity index (χ4n) is 2.39. The van der Waals surface area contributed by atoms with Gasteiger partial charge in [-0.3, -0.25) is 10.1 Å². The summed E-state index contributed by atoms with van der Waals surface area (Å²) in [6.45, 7) is 2.33. The van der Waals surface area contributed by atoms with Gasteiger partial charge in [0.15, 0.2) is 0 Å². The molecular weight excluding hydrogens is 256 g/mol. The fraction of sp³-hybridized carbons (Fsp3) is 0.357. The van der Waals surface area contributed by atoms with Gasteiger partial charge in [-0.15, -0.1) is 5.10 Å². The van der Waals surface area contributed by atoms with Crippen molar-refractivity contribution in [3.8, 4) is 6.01 Å². The minimum Gasteiger partial charge on any atom is -0.463 e. The largest absolute Gasteiger partial charge is 0.463 e. The smallest absolute Gasteiger partial charge is 0.337 e. The number of anilines is 1. The zero-order valence-corrected chi connectivity index (χ0v) is 11.3. The number of benzene rings is 1. The molecule has 2 aromatic rings. The van der Waals surface area contributed by atoms with E-state index in [1.54, 1.807) is 0 Å². The van der Waals surface area contributed by atoms with Crippen molar-refractivity contribution in [1.29, 1.82) is 0 Å². The molecule has 6 heteroatoms. The molecule has 0 bridgehead atoms. The summed E-state index contributed by atoms with van der Waals surface area (Å²) in [5, 5.41) is 9.14. The van der Waals surface area contributed by atoms with Gasteiger partial charge in [0, 0.05) is 5.56 Å². The van der Waals surface area contributed by atoms with E-state index in [4.69, 9.17) is 4.74 Å². The van der Waals surface area contributed by atoms with E-state index in [0.29, 0.717) is 18.1 Å². The summed E-state index contributed by atoms with van der Waals surface area (Å²) < 4.78 is 5.13. The summed E-state index contributed by atoms with van der Waals surface area (Å²) in [6, 6.07) is 6.07. The first-order valence-corrected chi connectivity index (χ1v) is 6.74. The van der Waals surface area contributed by atoms with Gasteiger partial charge in [0.25, 0.3) is 5.91 Å². The molecule has 1 aliphatic rings. The van der Waals surface area contributed by atoms with Crippen molar-refractivity contribution in [3.63, 3.8) is 0 Å². The van der Waals surface area contributed by atoms with Crippen LogP contribution in [-0.4, -0.2) is 27.7 Å². The van der Waals surface area contributed by atoms with Crippen LogP contribution in [0.25, 0.3) is 0 Å². The lowest BCUT2D eigenvalue weighted by Gasteiger charge is -2.04. The molecule has 6 nitrogen and oxygen atoms in total. The van der Waals surface area contributed by atoms with Crippen LogP contribution in [0, 0.1) is 0 Å². The van der Waals surface area contributed by atoms with Crippen LogP contribution in [0.5, 0.6) is 6.01 Å². The van der Waals surface area contributed by atoms with E-state index in [0.717, 1.165) is 12.8 Å². The van der Waals surface area contributed by atoms with Gasteiger partial charge in [-0.05, 0) is 49.4 Å². The number of aryl methyl sites for hydroxylation is 2. The number of aromatic amines is 1. The van der Waals surface area contributed by atoms with Gasteiger partial charge in [-0.1, -0.05) is 6.07 Å². The molecule has 0 atom stereocenters. The van der Waals surface area contributed by atoms with Gasteiger partial charge in [0.1, 0.15) is 0 Å². The summed E-state index contributed by atoms with van der Waals surface area (Å²) in [4.78, 5) is 16.2. The zero-order valence-electron chi connectivity index (χ0n) is 11.3. The van der Waals surface area contributed by atoms with Crippen LogP contribution >= 0.6 is 0 Å². The Morgan fingerprint density at radius 1 is 1.40 bits per heavy atom. The third-order valence-corrected chi connectivity index (χ3v) is 3.33. The summed E-state index contributed by atoms with van der Waals surface area (Å²) in [7, 11) is 0. The molecule has 1 heterocycles. The number of H-pyrrole nitrogens is 1. The van der Waals surface area contributed by atoms with Gasteiger partial charge < -0.3 is 4.74 Å². The molecule has 1 aliphatic carbocycles. The summed E-state index contributed by atoms with van der Waals surface area (Å²) in [5.74, 6) is 0.0952. The Balaban J connectivity index is 1.72. The Bertz CT molecular complexity index is 636. The molecule has 2 N–H and O–H groups in total. The third-order valence-electron chi connectivity index (χ3n) is 3.33. The van der Waals surface area contributed by atoms with Crippen LogP contribution in [0.1, 0.15) is 34.8 Å². The van der Waals surface area contributed by atoms with Crippen LogP contribution in [0.3, 0.4) is 0 Å². The van der Waals surface area contributed by atoms with Crippen molar-refractivity contribution in [2.24, 2.45) is 0 Å². The first kappa shape index (κ1) is 12.7. The van der Waals surface area contributed by atoms with Crippen molar-refractivity contribution in [2.45, 2.75) is 26.2 Å². The number of fused-ring (bicyclic) bond motifs is 1. The maximum atomic E-state index is 12.1. The monoisotopic (exact) mass is 272 g/mol. The van der Waals surface area contributed by atoms with E-state index in [2.05, 4.69) is 20.5 Å². The molecule has 20 heavy (non-hydrogen) atoms. The Labute approximate surface area is 116 Å². The molecular formula is C14H16N4O2. The van der Waals surface area contributed by atoms with Gasteiger partial charge in [0.2, 0.25) is 5.95 Å². The van der Waals surface area contributed by atoms with E-state index >= 15 is 0 Å². The van der Waals surface area contributed by atoms with Crippen molar-refractivity contribution in [3.05, 3.63) is 34.9 Å². The van der Waals surface area contributed by atoms with E-state index in [1.807, 2.05) is 25.1 Å². The molecule has 1 aromatic carbocycles. The molecule has 0 radical (unpaired) electrons. The Morgan fingerprint density at radius 3 is 3.10 bits per heavy atom. The number of nitrogens with zero attached hydrogens (tertiary/aromatic N) is 2. The number of rotatable bonds is 4. The number of carbonyl (C=O) groups is 1. The van der Waals surface area contributed by atoms with Crippen molar-refractivity contribution in [1.82, 2.24) is 15.2 Å². The lowest BCUT2D eigenvalue weighted by atomic mass is 10.1. The molecule has 0 saturated carbocycles. The highest BCUT2D eigenvalue weighted by molar-refractivity contribution is 6.03. The van der Waals surface area contributed by atoms with Gasteiger partial charge in [0.05, 0.1) is 6.61 Å². The van der Waals surface area contributed by atoms with Crippen LogP contribution in [0.15, 0.2) is 18.2 Å². The fourth-order valence-corrected chi connectivity index (χ4v) is 2.39. The number of amides is 1. The number of hydrogen-bond donors (Lipinski definition) is 2. The number of ether oxygens (including phenoxy) is 1. The Morgan fingerprint density at radius 2 is 2.25 bits per heavy atom. The standard InChI is InChI=1S/C14H16N4O2/c1-2-20-14-16-13(17-18-14)15-12(19)11-7-6-9-4-3-5-10(9)8-11/h6-8H,2-5H2,1H3,(H2,15,16,17,18,19). The topological polar surface area (TPSA) is 79.9 Å². The van der Waals surface area contributed by atoms with Gasteiger partial charge in [-0.2, -0.15) is 4.98 Å². The predicted molar refractivity (Wildman–Crippen MR) is 74.0 cm³/mol. The Hall–Kier alpha value is -2.37. The first-order chi connectivity index (χ1) is 9.76. The lowest BCUT2D eigenvalue weighted by molar-refractivity contribution is 0.102. The molecule has 1 amide bonds. The maximum Gasteiger partial charge on any atom is 0.337 e. The van der Waals surface area contributed by atoms with Gasteiger partial charge >= 0.3 is 6.01 Å². The van der Waals surface area contributed by atoms with Crippen molar-refractivity contribution < 1.29 is 9.53 Å².